The predicted molar refractivity (Wildman–Crippen MR) is 105 cm³/mol. The number of sulfonamides is 1. The number of rotatable bonds is 4. The van der Waals surface area contributed by atoms with Crippen LogP contribution in [0.1, 0.15) is 31.2 Å². The maximum absolute atomic E-state index is 12.9. The molecule has 1 aromatic heterocycles. The van der Waals surface area contributed by atoms with Gasteiger partial charge in [-0.15, -0.1) is 0 Å². The first-order valence-electron chi connectivity index (χ1n) is 9.17. The van der Waals surface area contributed by atoms with E-state index in [-0.39, 0.29) is 10.8 Å². The molecule has 7 nitrogen and oxygen atoms in total. The Balaban J connectivity index is 1.62. The molecule has 0 bridgehead atoms. The van der Waals surface area contributed by atoms with Crippen molar-refractivity contribution in [3.63, 3.8) is 0 Å². The van der Waals surface area contributed by atoms with E-state index in [1.165, 1.54) is 12.5 Å². The lowest BCUT2D eigenvalue weighted by molar-refractivity contribution is -0.116. The number of nitrogens with one attached hydrogen (secondary N) is 2. The van der Waals surface area contributed by atoms with E-state index in [9.17, 15) is 13.2 Å². The van der Waals surface area contributed by atoms with Crippen molar-refractivity contribution >= 4 is 33.0 Å². The van der Waals surface area contributed by atoms with Crippen LogP contribution in [0.4, 0.5) is 17.1 Å². The molecule has 0 saturated carbocycles. The molecule has 2 aliphatic rings. The van der Waals surface area contributed by atoms with Crippen molar-refractivity contribution in [2.24, 2.45) is 0 Å². The zero-order chi connectivity index (χ0) is 18.9. The summed E-state index contributed by atoms with van der Waals surface area (Å²) in [6.45, 7) is 1.83. The predicted octanol–water partition coefficient (Wildman–Crippen LogP) is 2.76. The third-order valence-corrected chi connectivity index (χ3v) is 6.38. The van der Waals surface area contributed by atoms with Gasteiger partial charge in [0.2, 0.25) is 5.91 Å². The van der Waals surface area contributed by atoms with Crippen LogP contribution in [0.3, 0.4) is 0 Å². The minimum atomic E-state index is -3.75. The summed E-state index contributed by atoms with van der Waals surface area (Å²) in [5, 5.41) is 2.77. The van der Waals surface area contributed by atoms with Gasteiger partial charge in [-0.3, -0.25) is 14.5 Å². The average molecular weight is 386 g/mol. The topological polar surface area (TPSA) is 91.4 Å². The summed E-state index contributed by atoms with van der Waals surface area (Å²) in [6.07, 6.45) is 7.55. The molecular formula is C19H22N4O3S. The fraction of sp³-hybridized carbons (Fsp3) is 0.368. The van der Waals surface area contributed by atoms with Crippen molar-refractivity contribution in [2.45, 2.75) is 37.0 Å². The molecule has 0 unspecified atom stereocenters. The Kier molecular flexibility index (Phi) is 4.73. The number of benzene rings is 1. The molecule has 1 saturated heterocycles. The number of fused-ring (bicyclic) bond motifs is 1. The number of nitrogens with zero attached hydrogens (tertiary/aromatic N) is 2. The van der Waals surface area contributed by atoms with Gasteiger partial charge in [-0.2, -0.15) is 0 Å². The van der Waals surface area contributed by atoms with E-state index in [2.05, 4.69) is 19.9 Å². The monoisotopic (exact) mass is 386 g/mol. The van der Waals surface area contributed by atoms with E-state index >= 15 is 0 Å². The van der Waals surface area contributed by atoms with Crippen LogP contribution in [0.2, 0.25) is 0 Å². The summed E-state index contributed by atoms with van der Waals surface area (Å²) in [7, 11) is -3.75. The number of aromatic nitrogens is 1. The second-order valence-electron chi connectivity index (χ2n) is 6.91. The summed E-state index contributed by atoms with van der Waals surface area (Å²) in [6, 6.07) is 6.65. The summed E-state index contributed by atoms with van der Waals surface area (Å²) in [5.41, 5.74) is 2.87. The lowest BCUT2D eigenvalue weighted by atomic mass is 10.0. The molecule has 4 rings (SSSR count). The molecule has 8 heteroatoms. The van der Waals surface area contributed by atoms with Crippen LogP contribution >= 0.6 is 0 Å². The van der Waals surface area contributed by atoms with Gasteiger partial charge in [0.05, 0.1) is 22.5 Å². The van der Waals surface area contributed by atoms with Crippen LogP contribution in [0.5, 0.6) is 0 Å². The van der Waals surface area contributed by atoms with Crippen LogP contribution in [-0.4, -0.2) is 32.4 Å². The molecule has 0 atom stereocenters. The molecule has 0 aliphatic carbocycles. The summed E-state index contributed by atoms with van der Waals surface area (Å²) >= 11 is 0. The van der Waals surface area contributed by atoms with Gasteiger partial charge >= 0.3 is 0 Å². The number of carbonyl (C=O) groups is 1. The number of hydrogen-bond donors (Lipinski definition) is 2. The minimum absolute atomic E-state index is 0.0437. The molecular weight excluding hydrogens is 364 g/mol. The SMILES string of the molecule is O=C1CCc2cc(S(=O)(=O)Nc3cnccc3N3CCCCC3)ccc2N1. The first-order chi connectivity index (χ1) is 13.0. The van der Waals surface area contributed by atoms with Crippen molar-refractivity contribution in [1.29, 1.82) is 0 Å². The van der Waals surface area contributed by atoms with E-state index in [1.54, 1.807) is 24.5 Å². The number of anilines is 3. The van der Waals surface area contributed by atoms with Gasteiger partial charge in [-0.1, -0.05) is 0 Å². The number of aryl methyl sites for hydroxylation is 1. The number of carbonyl (C=O) groups excluding carboxylic acids is 1. The van der Waals surface area contributed by atoms with Crippen molar-refractivity contribution in [3.05, 3.63) is 42.2 Å². The zero-order valence-electron chi connectivity index (χ0n) is 14.9. The summed E-state index contributed by atoms with van der Waals surface area (Å²) in [4.78, 5) is 18.0. The molecule has 2 N–H and O–H groups in total. The first kappa shape index (κ1) is 17.8. The Labute approximate surface area is 158 Å². The van der Waals surface area contributed by atoms with E-state index in [0.29, 0.717) is 24.2 Å². The van der Waals surface area contributed by atoms with Gasteiger partial charge in [0.25, 0.3) is 10.0 Å². The lowest BCUT2D eigenvalue weighted by Gasteiger charge is -2.30. The van der Waals surface area contributed by atoms with Gasteiger partial charge < -0.3 is 10.2 Å². The van der Waals surface area contributed by atoms with Gasteiger partial charge in [0, 0.05) is 31.4 Å². The molecule has 0 spiro atoms. The van der Waals surface area contributed by atoms with Crippen molar-refractivity contribution in [1.82, 2.24) is 4.98 Å². The number of pyridine rings is 1. The normalized spacial score (nSPS) is 17.2. The molecule has 1 fully saturated rings. The number of piperidine rings is 1. The standard InChI is InChI=1S/C19H22N4O3S/c24-19-7-4-14-12-15(5-6-16(14)21-19)27(25,26)22-17-13-20-9-8-18(17)23-10-2-1-3-11-23/h5-6,8-9,12-13,22H,1-4,7,10-11H2,(H,21,24). The summed E-state index contributed by atoms with van der Waals surface area (Å²) in [5.74, 6) is -0.0437. The Hall–Kier alpha value is -2.61. The first-order valence-corrected chi connectivity index (χ1v) is 10.7. The van der Waals surface area contributed by atoms with Crippen LogP contribution in [0.15, 0.2) is 41.6 Å². The van der Waals surface area contributed by atoms with E-state index in [4.69, 9.17) is 0 Å². The molecule has 1 amide bonds. The van der Waals surface area contributed by atoms with Crippen molar-refractivity contribution in [2.75, 3.05) is 28.0 Å². The molecule has 27 heavy (non-hydrogen) atoms. The van der Waals surface area contributed by atoms with Gasteiger partial charge in [-0.25, -0.2) is 8.42 Å². The molecule has 142 valence electrons. The fourth-order valence-corrected chi connectivity index (χ4v) is 4.72. The molecule has 0 radical (unpaired) electrons. The Bertz CT molecular complexity index is 969. The lowest BCUT2D eigenvalue weighted by Crippen LogP contribution is -2.30. The summed E-state index contributed by atoms with van der Waals surface area (Å²) < 4.78 is 28.6. The third-order valence-electron chi connectivity index (χ3n) is 5.02. The highest BCUT2D eigenvalue weighted by Crippen LogP contribution is 2.31. The zero-order valence-corrected chi connectivity index (χ0v) is 15.8. The molecule has 2 aromatic rings. The second-order valence-corrected chi connectivity index (χ2v) is 8.60. The quantitative estimate of drug-likeness (QED) is 0.843. The minimum Gasteiger partial charge on any atom is -0.370 e. The fourth-order valence-electron chi connectivity index (χ4n) is 3.61. The smallest absolute Gasteiger partial charge is 0.262 e. The maximum atomic E-state index is 12.9. The van der Waals surface area contributed by atoms with Gasteiger partial charge in [0.15, 0.2) is 0 Å². The largest absolute Gasteiger partial charge is 0.370 e. The Morgan fingerprint density at radius 3 is 2.70 bits per heavy atom. The maximum Gasteiger partial charge on any atom is 0.262 e. The Morgan fingerprint density at radius 1 is 1.07 bits per heavy atom. The van der Waals surface area contributed by atoms with Crippen LogP contribution in [-0.2, 0) is 21.2 Å². The van der Waals surface area contributed by atoms with Crippen LogP contribution in [0.25, 0.3) is 0 Å². The van der Waals surface area contributed by atoms with E-state index < -0.39 is 10.0 Å². The highest BCUT2D eigenvalue weighted by molar-refractivity contribution is 7.92. The number of amides is 1. The highest BCUT2D eigenvalue weighted by atomic mass is 32.2. The average Bonchev–Trinajstić information content (AvgIpc) is 2.68. The molecule has 2 aliphatic heterocycles. The molecule has 1 aromatic carbocycles. The number of hydrogen-bond acceptors (Lipinski definition) is 5. The van der Waals surface area contributed by atoms with E-state index in [0.717, 1.165) is 37.2 Å². The van der Waals surface area contributed by atoms with Crippen molar-refractivity contribution < 1.29 is 13.2 Å². The van der Waals surface area contributed by atoms with E-state index in [1.807, 2.05) is 6.07 Å². The third kappa shape index (κ3) is 3.75. The van der Waals surface area contributed by atoms with Gasteiger partial charge in [-0.05, 0) is 55.5 Å². The second kappa shape index (κ2) is 7.19. The van der Waals surface area contributed by atoms with Gasteiger partial charge in [0.1, 0.15) is 0 Å². The van der Waals surface area contributed by atoms with Crippen LogP contribution < -0.4 is 14.9 Å². The highest BCUT2D eigenvalue weighted by Gasteiger charge is 2.22. The van der Waals surface area contributed by atoms with Crippen molar-refractivity contribution in [3.8, 4) is 0 Å². The van der Waals surface area contributed by atoms with Crippen LogP contribution in [0, 0.1) is 0 Å². The Morgan fingerprint density at radius 2 is 1.89 bits per heavy atom. The molecule has 3 heterocycles.